The number of halogens is 1. The molecule has 0 fully saturated rings. The Morgan fingerprint density at radius 3 is 1.17 bits per heavy atom. The van der Waals surface area contributed by atoms with Crippen LogP contribution in [0.3, 0.4) is 0 Å². The van der Waals surface area contributed by atoms with Crippen LogP contribution >= 0.6 is 11.6 Å². The molecule has 74 valence electrons. The van der Waals surface area contributed by atoms with Crippen LogP contribution in [0.2, 0.25) is 6.04 Å². The summed E-state index contributed by atoms with van der Waals surface area (Å²) >= 11 is 6.71. The van der Waals surface area contributed by atoms with Gasteiger partial charge in [-0.15, -0.1) is 11.6 Å². The Bertz CT molecular complexity index is 136. The van der Waals surface area contributed by atoms with Crippen molar-refractivity contribution in [3.8, 4) is 0 Å². The van der Waals surface area contributed by atoms with Crippen LogP contribution in [0.1, 0.15) is 41.5 Å². The minimum absolute atomic E-state index is 0.0494. The summed E-state index contributed by atoms with van der Waals surface area (Å²) in [6.07, 6.45) is 0. The molecule has 0 N–H and O–H groups in total. The van der Waals surface area contributed by atoms with Gasteiger partial charge < -0.3 is 0 Å². The third-order valence-electron chi connectivity index (χ3n) is 2.86. The van der Waals surface area contributed by atoms with Crippen molar-refractivity contribution in [2.75, 3.05) is 0 Å². The van der Waals surface area contributed by atoms with Crippen molar-refractivity contribution in [2.45, 2.75) is 52.5 Å². The van der Waals surface area contributed by atoms with Crippen molar-refractivity contribution in [1.82, 2.24) is 0 Å². The first-order valence-electron chi connectivity index (χ1n) is 4.75. The van der Waals surface area contributed by atoms with Gasteiger partial charge in [-0.3, -0.25) is 0 Å². The van der Waals surface area contributed by atoms with Crippen LogP contribution in [0.25, 0.3) is 0 Å². The summed E-state index contributed by atoms with van der Waals surface area (Å²) < 4.78 is 0. The number of rotatable bonds is 1. The fourth-order valence-corrected chi connectivity index (χ4v) is 4.31. The van der Waals surface area contributed by atoms with Gasteiger partial charge in [0.25, 0.3) is 0 Å². The van der Waals surface area contributed by atoms with E-state index in [-0.39, 0.29) is 15.7 Å². The van der Waals surface area contributed by atoms with Crippen LogP contribution < -0.4 is 0 Å². The number of hydrogen-bond donors (Lipinski definition) is 0. The van der Waals surface area contributed by atoms with E-state index in [1.54, 1.807) is 0 Å². The van der Waals surface area contributed by atoms with Crippen molar-refractivity contribution in [3.63, 3.8) is 0 Å². The van der Waals surface area contributed by atoms with Crippen molar-refractivity contribution in [1.29, 1.82) is 0 Å². The molecule has 0 aromatic carbocycles. The second-order valence-electron chi connectivity index (χ2n) is 5.65. The SMILES string of the molecule is CC(C)(C)C(Cl)(C[SiH3])C(C)(C)C. The molecule has 0 spiro atoms. The van der Waals surface area contributed by atoms with Crippen molar-refractivity contribution in [3.05, 3.63) is 0 Å². The lowest BCUT2D eigenvalue weighted by Gasteiger charge is -2.48. The first-order valence-corrected chi connectivity index (χ1v) is 6.54. The first kappa shape index (κ1) is 12.5. The topological polar surface area (TPSA) is 0 Å². The van der Waals surface area contributed by atoms with Gasteiger partial charge in [-0.25, -0.2) is 0 Å². The second-order valence-corrected chi connectivity index (χ2v) is 7.01. The highest BCUT2D eigenvalue weighted by Gasteiger charge is 2.47. The Morgan fingerprint density at radius 1 is 0.917 bits per heavy atom. The molecule has 0 radical (unpaired) electrons. The summed E-state index contributed by atoms with van der Waals surface area (Å²) in [5, 5.41) is 0. The third kappa shape index (κ3) is 2.05. The van der Waals surface area contributed by atoms with Gasteiger partial charge in [-0.1, -0.05) is 41.5 Å². The quantitative estimate of drug-likeness (QED) is 0.457. The molecule has 0 bridgehead atoms. The van der Waals surface area contributed by atoms with Crippen LogP contribution in [0.15, 0.2) is 0 Å². The average Bonchev–Trinajstić information content (AvgIpc) is 1.81. The molecule has 0 aliphatic rings. The Labute approximate surface area is 85.5 Å². The van der Waals surface area contributed by atoms with E-state index in [0.717, 1.165) is 6.04 Å². The largest absolute Gasteiger partial charge is 0.118 e. The molecule has 0 atom stereocenters. The molecule has 0 aliphatic carbocycles. The van der Waals surface area contributed by atoms with Gasteiger partial charge in [-0.2, -0.15) is 0 Å². The van der Waals surface area contributed by atoms with Crippen LogP contribution in [0, 0.1) is 10.8 Å². The lowest BCUT2D eigenvalue weighted by Crippen LogP contribution is -2.47. The Morgan fingerprint density at radius 2 is 1.17 bits per heavy atom. The van der Waals surface area contributed by atoms with E-state index in [0.29, 0.717) is 0 Å². The molecule has 0 rings (SSSR count). The number of alkyl halides is 1. The molecular formula is C10H23ClSi. The van der Waals surface area contributed by atoms with E-state index in [2.05, 4.69) is 41.5 Å². The number of hydrogen-bond acceptors (Lipinski definition) is 0. The maximum absolute atomic E-state index is 6.71. The van der Waals surface area contributed by atoms with Crippen LogP contribution in [0.4, 0.5) is 0 Å². The summed E-state index contributed by atoms with van der Waals surface area (Å²) in [6, 6.07) is 1.15. The smallest absolute Gasteiger partial charge is 0.0512 e. The van der Waals surface area contributed by atoms with Gasteiger partial charge in [0.15, 0.2) is 0 Å². The standard InChI is InChI=1S/C10H23ClSi/c1-8(2,3)10(11,7-12)9(4,5)6/h7H2,1-6,12H3. The molecule has 2 heteroatoms. The van der Waals surface area contributed by atoms with Gasteiger partial charge >= 0.3 is 0 Å². The van der Waals surface area contributed by atoms with Crippen LogP contribution in [0.5, 0.6) is 0 Å². The van der Waals surface area contributed by atoms with E-state index in [1.165, 1.54) is 10.2 Å². The van der Waals surface area contributed by atoms with E-state index in [9.17, 15) is 0 Å². The molecule has 12 heavy (non-hydrogen) atoms. The van der Waals surface area contributed by atoms with Gasteiger partial charge in [0.2, 0.25) is 0 Å². The highest BCUT2D eigenvalue weighted by atomic mass is 35.5. The van der Waals surface area contributed by atoms with Gasteiger partial charge in [0.1, 0.15) is 0 Å². The summed E-state index contributed by atoms with van der Waals surface area (Å²) in [5.74, 6) is 0. The molecule has 0 unspecified atom stereocenters. The van der Waals surface area contributed by atoms with Gasteiger partial charge in [0, 0.05) is 10.2 Å². The van der Waals surface area contributed by atoms with Crippen molar-refractivity contribution >= 4 is 21.8 Å². The Kier molecular flexibility index (Phi) is 3.48. The predicted octanol–water partition coefficient (Wildman–Crippen LogP) is 2.84. The predicted molar refractivity (Wildman–Crippen MR) is 62.2 cm³/mol. The normalized spacial score (nSPS) is 15.2. The lowest BCUT2D eigenvalue weighted by atomic mass is 9.67. The molecule has 0 saturated heterocycles. The zero-order valence-electron chi connectivity index (χ0n) is 9.59. The van der Waals surface area contributed by atoms with Crippen LogP contribution in [-0.4, -0.2) is 15.1 Å². The molecule has 0 saturated carbocycles. The van der Waals surface area contributed by atoms with Crippen LogP contribution in [-0.2, 0) is 0 Å². The summed E-state index contributed by atoms with van der Waals surface area (Å²) in [4.78, 5) is -0.0494. The molecule has 0 aromatic heterocycles. The highest BCUT2D eigenvalue weighted by Crippen LogP contribution is 2.50. The molecule has 0 heterocycles. The minimum atomic E-state index is -0.0494. The Hall–Kier alpha value is 0.507. The maximum atomic E-state index is 6.71. The van der Waals surface area contributed by atoms with E-state index in [4.69, 9.17) is 11.6 Å². The molecule has 0 aromatic rings. The average molecular weight is 207 g/mol. The fraction of sp³-hybridized carbons (Fsp3) is 1.00. The molecule has 0 aliphatic heterocycles. The summed E-state index contributed by atoms with van der Waals surface area (Å²) in [7, 11) is 1.18. The summed E-state index contributed by atoms with van der Waals surface area (Å²) in [6.45, 7) is 13.4. The minimum Gasteiger partial charge on any atom is -0.118 e. The first-order chi connectivity index (χ1) is 5.06. The van der Waals surface area contributed by atoms with E-state index < -0.39 is 0 Å². The molecule has 0 nitrogen and oxygen atoms in total. The Balaban J connectivity index is 4.95. The summed E-state index contributed by atoms with van der Waals surface area (Å²) in [5.41, 5.74) is 0.378. The van der Waals surface area contributed by atoms with Crippen molar-refractivity contribution in [2.24, 2.45) is 10.8 Å². The molecular weight excluding hydrogens is 184 g/mol. The zero-order chi connectivity index (χ0) is 10.2. The van der Waals surface area contributed by atoms with E-state index >= 15 is 0 Å². The lowest BCUT2D eigenvalue weighted by molar-refractivity contribution is 0.151. The maximum Gasteiger partial charge on any atom is 0.0512 e. The van der Waals surface area contributed by atoms with Gasteiger partial charge in [-0.05, 0) is 16.9 Å². The second kappa shape index (κ2) is 3.34. The van der Waals surface area contributed by atoms with Gasteiger partial charge in [0.05, 0.1) is 4.87 Å². The third-order valence-corrected chi connectivity index (χ3v) is 5.77. The highest BCUT2D eigenvalue weighted by molar-refractivity contribution is 6.29. The monoisotopic (exact) mass is 206 g/mol. The fourth-order valence-electron chi connectivity index (χ4n) is 2.19. The zero-order valence-corrected chi connectivity index (χ0v) is 12.3. The molecule has 0 amide bonds. The van der Waals surface area contributed by atoms with E-state index in [1.807, 2.05) is 0 Å². The van der Waals surface area contributed by atoms with Crippen molar-refractivity contribution < 1.29 is 0 Å².